The lowest BCUT2D eigenvalue weighted by molar-refractivity contribution is 0.119. The molecule has 1 aliphatic heterocycles. The van der Waals surface area contributed by atoms with Crippen LogP contribution in [0.5, 0.6) is 0 Å². The van der Waals surface area contributed by atoms with Crippen LogP contribution in [0.4, 0.5) is 0 Å². The number of hydrogen-bond donors (Lipinski definition) is 0. The second-order valence-corrected chi connectivity index (χ2v) is 4.86. The van der Waals surface area contributed by atoms with Crippen LogP contribution >= 0.6 is 11.8 Å². The van der Waals surface area contributed by atoms with Gasteiger partial charge in [-0.05, 0) is 24.0 Å². The molecule has 0 saturated heterocycles. The summed E-state index contributed by atoms with van der Waals surface area (Å²) >= 11 is 1.74. The number of ether oxygens (including phenoxy) is 2. The van der Waals surface area contributed by atoms with E-state index in [-0.39, 0.29) is 12.1 Å². The fourth-order valence-electron chi connectivity index (χ4n) is 1.97. The molecular formula is C13H17NO2S. The Balaban J connectivity index is 2.15. The predicted octanol–water partition coefficient (Wildman–Crippen LogP) is 2.91. The Kier molecular flexibility index (Phi) is 4.07. The number of rotatable bonds is 4. The molecule has 0 saturated carbocycles. The molecule has 2 atom stereocenters. The second-order valence-electron chi connectivity index (χ2n) is 3.98. The van der Waals surface area contributed by atoms with Gasteiger partial charge in [0.15, 0.2) is 5.90 Å². The summed E-state index contributed by atoms with van der Waals surface area (Å²) < 4.78 is 10.9. The highest BCUT2D eigenvalue weighted by Gasteiger charge is 2.30. The Morgan fingerprint density at radius 2 is 2.06 bits per heavy atom. The van der Waals surface area contributed by atoms with Gasteiger partial charge in [0, 0.05) is 18.9 Å². The van der Waals surface area contributed by atoms with E-state index in [1.807, 2.05) is 6.92 Å². The van der Waals surface area contributed by atoms with Gasteiger partial charge in [-0.3, -0.25) is 0 Å². The van der Waals surface area contributed by atoms with Crippen molar-refractivity contribution >= 4 is 17.7 Å². The van der Waals surface area contributed by atoms with Gasteiger partial charge in [0.25, 0.3) is 0 Å². The van der Waals surface area contributed by atoms with Crippen LogP contribution in [0.3, 0.4) is 0 Å². The van der Waals surface area contributed by atoms with Crippen molar-refractivity contribution in [3.8, 4) is 0 Å². The topological polar surface area (TPSA) is 30.8 Å². The maximum atomic E-state index is 5.75. The number of aliphatic imine (C=N–C) groups is 1. The molecular weight excluding hydrogens is 234 g/mol. The summed E-state index contributed by atoms with van der Waals surface area (Å²) in [5.74, 6) is 0.742. The van der Waals surface area contributed by atoms with E-state index in [0.29, 0.717) is 6.61 Å². The second kappa shape index (κ2) is 5.56. The Morgan fingerprint density at radius 3 is 2.65 bits per heavy atom. The summed E-state index contributed by atoms with van der Waals surface area (Å²) in [5.41, 5.74) is 1.16. The predicted molar refractivity (Wildman–Crippen MR) is 70.8 cm³/mol. The average Bonchev–Trinajstić information content (AvgIpc) is 2.71. The zero-order valence-corrected chi connectivity index (χ0v) is 11.2. The molecule has 1 aromatic rings. The third kappa shape index (κ3) is 2.82. The van der Waals surface area contributed by atoms with E-state index >= 15 is 0 Å². The van der Waals surface area contributed by atoms with E-state index < -0.39 is 0 Å². The number of thioether (sulfide) groups is 1. The van der Waals surface area contributed by atoms with Gasteiger partial charge < -0.3 is 9.47 Å². The quantitative estimate of drug-likeness (QED) is 0.771. The van der Waals surface area contributed by atoms with E-state index in [1.165, 1.54) is 4.90 Å². The molecule has 17 heavy (non-hydrogen) atoms. The molecule has 0 aromatic heterocycles. The molecule has 2 unspecified atom stereocenters. The van der Waals surface area contributed by atoms with Crippen LogP contribution in [-0.2, 0) is 9.47 Å². The first-order valence-corrected chi connectivity index (χ1v) is 6.81. The molecule has 2 rings (SSSR count). The summed E-state index contributed by atoms with van der Waals surface area (Å²) in [6.07, 6.45) is 2.06. The molecule has 0 fully saturated rings. The summed E-state index contributed by atoms with van der Waals surface area (Å²) in [6, 6.07) is 8.50. The highest BCUT2D eigenvalue weighted by atomic mass is 32.2. The molecule has 1 aromatic carbocycles. The molecule has 92 valence electrons. The normalized spacial score (nSPS) is 23.4. The van der Waals surface area contributed by atoms with Gasteiger partial charge in [-0.25, -0.2) is 4.99 Å². The first kappa shape index (κ1) is 12.5. The zero-order valence-electron chi connectivity index (χ0n) is 10.3. The highest BCUT2D eigenvalue weighted by molar-refractivity contribution is 7.98. The largest absolute Gasteiger partial charge is 0.471 e. The van der Waals surface area contributed by atoms with E-state index in [1.54, 1.807) is 18.9 Å². The van der Waals surface area contributed by atoms with Gasteiger partial charge >= 0.3 is 0 Å². The third-order valence-corrected chi connectivity index (χ3v) is 3.52. The molecule has 0 radical (unpaired) electrons. The smallest absolute Gasteiger partial charge is 0.181 e. The molecule has 0 aliphatic carbocycles. The summed E-state index contributed by atoms with van der Waals surface area (Å²) in [5, 5.41) is 0. The summed E-state index contributed by atoms with van der Waals surface area (Å²) in [6.45, 7) is 2.48. The van der Waals surface area contributed by atoms with Crippen molar-refractivity contribution in [1.29, 1.82) is 0 Å². The van der Waals surface area contributed by atoms with E-state index in [4.69, 9.17) is 9.47 Å². The van der Waals surface area contributed by atoms with Crippen molar-refractivity contribution in [3.63, 3.8) is 0 Å². The molecule has 0 spiro atoms. The molecule has 3 nitrogen and oxygen atoms in total. The number of benzene rings is 1. The van der Waals surface area contributed by atoms with Crippen LogP contribution in [0.1, 0.15) is 18.6 Å². The number of methoxy groups -OCH3 is 1. The van der Waals surface area contributed by atoms with Crippen molar-refractivity contribution < 1.29 is 9.47 Å². The van der Waals surface area contributed by atoms with E-state index in [2.05, 4.69) is 35.5 Å². The Bertz CT molecular complexity index is 402. The monoisotopic (exact) mass is 251 g/mol. The molecule has 1 heterocycles. The Morgan fingerprint density at radius 1 is 1.35 bits per heavy atom. The van der Waals surface area contributed by atoms with Crippen LogP contribution in [0.15, 0.2) is 34.2 Å². The Labute approximate surface area is 106 Å². The first-order valence-electron chi connectivity index (χ1n) is 5.58. The molecule has 0 N–H and O–H groups in total. The van der Waals surface area contributed by atoms with Crippen LogP contribution in [0.2, 0.25) is 0 Å². The average molecular weight is 251 g/mol. The summed E-state index contributed by atoms with van der Waals surface area (Å²) in [4.78, 5) is 5.70. The van der Waals surface area contributed by atoms with E-state index in [9.17, 15) is 0 Å². The summed E-state index contributed by atoms with van der Waals surface area (Å²) in [7, 11) is 1.69. The fraction of sp³-hybridized carbons (Fsp3) is 0.462. The van der Waals surface area contributed by atoms with Gasteiger partial charge in [-0.15, -0.1) is 11.8 Å². The van der Waals surface area contributed by atoms with Crippen LogP contribution in [0.25, 0.3) is 0 Å². The van der Waals surface area contributed by atoms with Gasteiger partial charge in [0.2, 0.25) is 0 Å². The number of nitrogens with zero attached hydrogens (tertiary/aromatic N) is 1. The van der Waals surface area contributed by atoms with Gasteiger partial charge in [-0.2, -0.15) is 0 Å². The minimum Gasteiger partial charge on any atom is -0.471 e. The minimum atomic E-state index is -0.00847. The van der Waals surface area contributed by atoms with Crippen molar-refractivity contribution in [1.82, 2.24) is 0 Å². The van der Waals surface area contributed by atoms with E-state index in [0.717, 1.165) is 11.5 Å². The SMILES string of the molecule is COCC1N=C(C)OC1c1ccc(SC)cc1. The lowest BCUT2D eigenvalue weighted by Gasteiger charge is -2.17. The van der Waals surface area contributed by atoms with Crippen LogP contribution < -0.4 is 0 Å². The van der Waals surface area contributed by atoms with Crippen molar-refractivity contribution in [2.24, 2.45) is 4.99 Å². The van der Waals surface area contributed by atoms with Crippen LogP contribution in [0, 0.1) is 0 Å². The minimum absolute atomic E-state index is 0.00847. The number of hydrogen-bond acceptors (Lipinski definition) is 4. The molecule has 0 bridgehead atoms. The standard InChI is InChI=1S/C13H17NO2S/c1-9-14-12(8-15-2)13(16-9)10-4-6-11(17-3)7-5-10/h4-7,12-13H,8H2,1-3H3. The van der Waals surface area contributed by atoms with Crippen molar-refractivity contribution in [2.75, 3.05) is 20.0 Å². The van der Waals surface area contributed by atoms with Crippen molar-refractivity contribution in [3.05, 3.63) is 29.8 Å². The third-order valence-electron chi connectivity index (χ3n) is 2.78. The molecule has 1 aliphatic rings. The molecule has 0 amide bonds. The van der Waals surface area contributed by atoms with Gasteiger partial charge in [0.1, 0.15) is 12.1 Å². The fourth-order valence-corrected chi connectivity index (χ4v) is 2.38. The highest BCUT2D eigenvalue weighted by Crippen LogP contribution is 2.30. The maximum absolute atomic E-state index is 5.75. The zero-order chi connectivity index (χ0) is 12.3. The Hall–Kier alpha value is -1.00. The van der Waals surface area contributed by atoms with Crippen molar-refractivity contribution in [2.45, 2.75) is 24.0 Å². The first-order chi connectivity index (χ1) is 8.24. The van der Waals surface area contributed by atoms with Gasteiger partial charge in [-0.1, -0.05) is 12.1 Å². The molecule has 4 heteroatoms. The van der Waals surface area contributed by atoms with Crippen LogP contribution in [-0.4, -0.2) is 31.9 Å². The lowest BCUT2D eigenvalue weighted by atomic mass is 10.0. The maximum Gasteiger partial charge on any atom is 0.181 e. The lowest BCUT2D eigenvalue weighted by Crippen LogP contribution is -2.19. The van der Waals surface area contributed by atoms with Gasteiger partial charge in [0.05, 0.1) is 6.61 Å².